The highest BCUT2D eigenvalue weighted by atomic mass is 32.1. The summed E-state index contributed by atoms with van der Waals surface area (Å²) >= 11 is 4.96. The molecule has 2 heterocycles. The predicted molar refractivity (Wildman–Crippen MR) is 82.8 cm³/mol. The van der Waals surface area contributed by atoms with Crippen LogP contribution in [0.5, 0.6) is 11.5 Å². The molecule has 0 radical (unpaired) electrons. The molecule has 0 aliphatic carbocycles. The smallest absolute Gasteiger partial charge is 0.163 e. The second-order valence-electron chi connectivity index (χ2n) is 4.81. The van der Waals surface area contributed by atoms with Gasteiger partial charge in [0.1, 0.15) is 25.6 Å². The highest BCUT2D eigenvalue weighted by Gasteiger charge is 2.18. The van der Waals surface area contributed by atoms with E-state index in [0.717, 1.165) is 28.4 Å². The summed E-state index contributed by atoms with van der Waals surface area (Å²) in [7, 11) is 1.65. The number of rotatable bonds is 5. The van der Waals surface area contributed by atoms with Crippen LogP contribution >= 0.6 is 12.2 Å². The summed E-state index contributed by atoms with van der Waals surface area (Å²) in [5.74, 6) is 2.32. The van der Waals surface area contributed by atoms with Crippen LogP contribution in [0.4, 0.5) is 0 Å². The maximum absolute atomic E-state index is 5.63. The third kappa shape index (κ3) is 2.79. The van der Waals surface area contributed by atoms with Crippen LogP contribution < -0.4 is 15.2 Å². The molecule has 0 saturated carbocycles. The molecule has 2 N–H and O–H groups in total. The van der Waals surface area contributed by atoms with E-state index < -0.39 is 0 Å². The van der Waals surface area contributed by atoms with Crippen molar-refractivity contribution in [2.45, 2.75) is 19.6 Å². The zero-order chi connectivity index (χ0) is 14.8. The molecule has 7 heteroatoms. The molecule has 0 saturated heterocycles. The highest BCUT2D eigenvalue weighted by molar-refractivity contribution is 7.80. The highest BCUT2D eigenvalue weighted by Crippen LogP contribution is 2.34. The third-order valence-electron chi connectivity index (χ3n) is 3.35. The Morgan fingerprint density at radius 3 is 2.76 bits per heavy atom. The first-order chi connectivity index (χ1) is 10.2. The maximum atomic E-state index is 5.63. The molecule has 0 unspecified atom stereocenters. The molecule has 6 nitrogen and oxygen atoms in total. The number of nitrogens with two attached hydrogens (primary N) is 1. The third-order valence-corrected chi connectivity index (χ3v) is 3.55. The van der Waals surface area contributed by atoms with E-state index in [4.69, 9.17) is 32.2 Å². The summed E-state index contributed by atoms with van der Waals surface area (Å²) < 4.78 is 18.5. The van der Waals surface area contributed by atoms with E-state index in [2.05, 4.69) is 9.55 Å². The van der Waals surface area contributed by atoms with Crippen LogP contribution in [-0.4, -0.2) is 34.9 Å². The van der Waals surface area contributed by atoms with E-state index in [1.807, 2.05) is 12.1 Å². The monoisotopic (exact) mass is 307 g/mol. The van der Waals surface area contributed by atoms with E-state index in [1.165, 1.54) is 0 Å². The summed E-state index contributed by atoms with van der Waals surface area (Å²) in [6, 6.07) is 3.86. The second kappa shape index (κ2) is 5.87. The average molecular weight is 307 g/mol. The Hall–Kier alpha value is -1.86. The second-order valence-corrected chi connectivity index (χ2v) is 5.34. The quantitative estimate of drug-likeness (QED) is 0.847. The molecule has 2 aromatic rings. The zero-order valence-corrected chi connectivity index (χ0v) is 12.6. The molecule has 21 heavy (non-hydrogen) atoms. The Balaban J connectivity index is 2.07. The van der Waals surface area contributed by atoms with Gasteiger partial charge in [-0.2, -0.15) is 0 Å². The molecule has 0 fully saturated rings. The number of aromatic nitrogens is 2. The fourth-order valence-electron chi connectivity index (χ4n) is 2.42. The molecule has 0 bridgehead atoms. The van der Waals surface area contributed by atoms with E-state index >= 15 is 0 Å². The van der Waals surface area contributed by atoms with Crippen LogP contribution in [-0.2, 0) is 17.9 Å². The molecule has 1 aliphatic heterocycles. The molecule has 112 valence electrons. The van der Waals surface area contributed by atoms with Crippen molar-refractivity contribution < 1.29 is 14.2 Å². The first-order valence-corrected chi connectivity index (χ1v) is 7.16. The summed E-state index contributed by atoms with van der Waals surface area (Å²) in [5.41, 5.74) is 7.44. The molecule has 1 aliphatic rings. The van der Waals surface area contributed by atoms with Gasteiger partial charge in [-0.15, -0.1) is 0 Å². The minimum absolute atomic E-state index is 0.429. The number of aryl methyl sites for hydroxylation is 1. The van der Waals surface area contributed by atoms with Crippen molar-refractivity contribution in [2.75, 3.05) is 20.3 Å². The van der Waals surface area contributed by atoms with Gasteiger partial charge in [-0.25, -0.2) is 4.98 Å². The largest absolute Gasteiger partial charge is 0.486 e. The molecule has 3 rings (SSSR count). The van der Waals surface area contributed by atoms with Gasteiger partial charge >= 0.3 is 0 Å². The normalized spacial score (nSPS) is 13.6. The van der Waals surface area contributed by atoms with Gasteiger partial charge in [-0.1, -0.05) is 12.2 Å². The first-order valence-electron chi connectivity index (χ1n) is 6.75. The van der Waals surface area contributed by atoms with Crippen molar-refractivity contribution in [3.8, 4) is 11.5 Å². The molecule has 0 atom stereocenters. The number of benzene rings is 1. The van der Waals surface area contributed by atoms with Crippen molar-refractivity contribution in [3.63, 3.8) is 0 Å². The zero-order valence-electron chi connectivity index (χ0n) is 11.8. The predicted octanol–water partition coefficient (Wildman–Crippen LogP) is 1.63. The van der Waals surface area contributed by atoms with Crippen LogP contribution in [0.3, 0.4) is 0 Å². The lowest BCUT2D eigenvalue weighted by Crippen LogP contribution is -2.15. The summed E-state index contributed by atoms with van der Waals surface area (Å²) in [5, 5.41) is 0. The number of fused-ring (bicyclic) bond motifs is 2. The number of nitrogens with zero attached hydrogens (tertiary/aromatic N) is 2. The Bertz CT molecular complexity index is 684. The SMILES string of the molecule is COCc1nc2cc3c(cc2n1CCC(N)=S)OCCO3. The summed E-state index contributed by atoms with van der Waals surface area (Å²) in [6.45, 7) is 2.22. The van der Waals surface area contributed by atoms with Crippen molar-refractivity contribution >= 4 is 28.2 Å². The minimum atomic E-state index is 0.429. The lowest BCUT2D eigenvalue weighted by Gasteiger charge is -2.18. The van der Waals surface area contributed by atoms with E-state index in [0.29, 0.717) is 37.8 Å². The Kier molecular flexibility index (Phi) is 3.94. The Labute approximate surface area is 127 Å². The fraction of sp³-hybridized carbons (Fsp3) is 0.429. The van der Waals surface area contributed by atoms with Crippen molar-refractivity contribution in [2.24, 2.45) is 5.73 Å². The molecular weight excluding hydrogens is 290 g/mol. The van der Waals surface area contributed by atoms with Crippen molar-refractivity contribution in [3.05, 3.63) is 18.0 Å². The van der Waals surface area contributed by atoms with Gasteiger partial charge < -0.3 is 24.5 Å². The molecule has 0 spiro atoms. The standard InChI is InChI=1S/C14H17N3O3S/c1-18-8-14-16-9-6-11-12(20-5-4-19-11)7-10(9)17(14)3-2-13(15)21/h6-7H,2-5,8H2,1H3,(H2,15,21). The minimum Gasteiger partial charge on any atom is -0.486 e. The molecule has 0 amide bonds. The number of ether oxygens (including phenoxy) is 3. The van der Waals surface area contributed by atoms with Crippen LogP contribution in [0, 0.1) is 0 Å². The van der Waals surface area contributed by atoms with Gasteiger partial charge in [-0.3, -0.25) is 0 Å². The number of methoxy groups -OCH3 is 1. The fourth-order valence-corrected chi connectivity index (χ4v) is 2.51. The van der Waals surface area contributed by atoms with E-state index in [9.17, 15) is 0 Å². The number of hydrogen-bond donors (Lipinski definition) is 1. The van der Waals surface area contributed by atoms with Crippen molar-refractivity contribution in [1.29, 1.82) is 0 Å². The topological polar surface area (TPSA) is 71.5 Å². The van der Waals surface area contributed by atoms with Gasteiger partial charge in [0, 0.05) is 32.2 Å². The van der Waals surface area contributed by atoms with Crippen LogP contribution in [0.1, 0.15) is 12.2 Å². The van der Waals surface area contributed by atoms with Gasteiger partial charge in [-0.05, 0) is 0 Å². The molecule has 1 aromatic carbocycles. The molecular formula is C14H17N3O3S. The van der Waals surface area contributed by atoms with Gasteiger partial charge in [0.05, 0.1) is 16.0 Å². The number of imidazole rings is 1. The summed E-state index contributed by atoms with van der Waals surface area (Å²) in [4.78, 5) is 5.09. The Morgan fingerprint density at radius 2 is 2.10 bits per heavy atom. The van der Waals surface area contributed by atoms with Gasteiger partial charge in [0.25, 0.3) is 0 Å². The van der Waals surface area contributed by atoms with E-state index in [-0.39, 0.29) is 0 Å². The van der Waals surface area contributed by atoms with Gasteiger partial charge in [0.15, 0.2) is 11.5 Å². The van der Waals surface area contributed by atoms with Crippen LogP contribution in [0.2, 0.25) is 0 Å². The van der Waals surface area contributed by atoms with Crippen LogP contribution in [0.15, 0.2) is 12.1 Å². The van der Waals surface area contributed by atoms with Crippen molar-refractivity contribution in [1.82, 2.24) is 9.55 Å². The lowest BCUT2D eigenvalue weighted by atomic mass is 10.2. The maximum Gasteiger partial charge on any atom is 0.163 e. The number of thiocarbonyl (C=S) groups is 1. The van der Waals surface area contributed by atoms with E-state index in [1.54, 1.807) is 7.11 Å². The lowest BCUT2D eigenvalue weighted by molar-refractivity contribution is 0.172. The average Bonchev–Trinajstić information content (AvgIpc) is 2.79. The summed E-state index contributed by atoms with van der Waals surface area (Å²) in [6.07, 6.45) is 0.617. The van der Waals surface area contributed by atoms with Crippen LogP contribution in [0.25, 0.3) is 11.0 Å². The first kappa shape index (κ1) is 14.1. The Morgan fingerprint density at radius 1 is 1.38 bits per heavy atom. The number of hydrogen-bond acceptors (Lipinski definition) is 5. The molecule has 1 aromatic heterocycles. The van der Waals surface area contributed by atoms with Gasteiger partial charge in [0.2, 0.25) is 0 Å².